The van der Waals surface area contributed by atoms with E-state index in [0.717, 1.165) is 24.3 Å². The van der Waals surface area contributed by atoms with Crippen LogP contribution in [0.1, 0.15) is 24.8 Å². The van der Waals surface area contributed by atoms with E-state index >= 15 is 0 Å². The molecule has 1 heterocycles. The van der Waals surface area contributed by atoms with Crippen LogP contribution in [0.25, 0.3) is 55.2 Å². The van der Waals surface area contributed by atoms with Gasteiger partial charge >= 0.3 is 0 Å². The van der Waals surface area contributed by atoms with Crippen LogP contribution in [0.5, 0.6) is 0 Å². The minimum atomic E-state index is 0.187. The lowest BCUT2D eigenvalue weighted by atomic mass is 9.86. The first-order valence-corrected chi connectivity index (χ1v) is 18.3. The fourth-order valence-corrected chi connectivity index (χ4v) is 8.07. The zero-order valence-electron chi connectivity index (χ0n) is 29.4. The van der Waals surface area contributed by atoms with Gasteiger partial charge in [-0.3, -0.25) is 0 Å². The number of nitrogens with zero attached hydrogens (tertiary/aromatic N) is 2. The molecule has 2 nitrogen and oxygen atoms in total. The molecule has 0 saturated heterocycles. The van der Waals surface area contributed by atoms with Gasteiger partial charge in [-0.2, -0.15) is 0 Å². The van der Waals surface area contributed by atoms with Crippen molar-refractivity contribution < 1.29 is 0 Å². The summed E-state index contributed by atoms with van der Waals surface area (Å²) in [5, 5.41) is 2.64. The summed E-state index contributed by atoms with van der Waals surface area (Å²) in [6.07, 6.45) is 7.76. The van der Waals surface area contributed by atoms with E-state index in [2.05, 4.69) is 211 Å². The highest BCUT2D eigenvalue weighted by Gasteiger charge is 2.26. The van der Waals surface area contributed by atoms with Gasteiger partial charge in [0.2, 0.25) is 0 Å². The number of rotatable bonds is 8. The summed E-state index contributed by atoms with van der Waals surface area (Å²) in [5.74, 6) is 0.187. The Balaban J connectivity index is 1.09. The predicted molar refractivity (Wildman–Crippen MR) is 221 cm³/mol. The number of benzene rings is 7. The van der Waals surface area contributed by atoms with Crippen molar-refractivity contribution in [1.82, 2.24) is 4.57 Å². The maximum absolute atomic E-state index is 2.44. The van der Waals surface area contributed by atoms with Crippen LogP contribution < -0.4 is 4.90 Å². The molecule has 0 N–H and O–H groups in total. The maximum atomic E-state index is 2.44. The summed E-state index contributed by atoms with van der Waals surface area (Å²) < 4.78 is 2.44. The van der Waals surface area contributed by atoms with Crippen LogP contribution in [-0.2, 0) is 6.54 Å². The van der Waals surface area contributed by atoms with E-state index in [1.807, 2.05) is 0 Å². The molecule has 1 aliphatic rings. The van der Waals surface area contributed by atoms with E-state index < -0.39 is 0 Å². The van der Waals surface area contributed by atoms with E-state index in [0.29, 0.717) is 0 Å². The Labute approximate surface area is 306 Å². The fraction of sp³-hybridized carbons (Fsp3) is 0.0800. The number of para-hydroxylation sites is 2. The molecule has 1 unspecified atom stereocenters. The Morgan fingerprint density at radius 1 is 0.538 bits per heavy atom. The second kappa shape index (κ2) is 13.7. The quantitative estimate of drug-likeness (QED) is 0.156. The van der Waals surface area contributed by atoms with E-state index in [-0.39, 0.29) is 5.92 Å². The lowest BCUT2D eigenvalue weighted by Gasteiger charge is -2.34. The Hall–Kier alpha value is -6.38. The molecule has 250 valence electrons. The van der Waals surface area contributed by atoms with Crippen molar-refractivity contribution in [1.29, 1.82) is 0 Å². The van der Waals surface area contributed by atoms with E-state index in [4.69, 9.17) is 0 Å². The van der Waals surface area contributed by atoms with Crippen LogP contribution in [-0.4, -0.2) is 4.57 Å². The molecule has 2 heteroatoms. The molecular weight excluding hydrogens is 629 g/mol. The summed E-state index contributed by atoms with van der Waals surface area (Å²) in [6.45, 7) is 3.17. The van der Waals surface area contributed by atoms with E-state index in [9.17, 15) is 0 Å². The number of allylic oxidation sites excluding steroid dienone is 4. The normalized spacial score (nSPS) is 14.1. The molecule has 0 radical (unpaired) electrons. The van der Waals surface area contributed by atoms with Gasteiger partial charge < -0.3 is 9.47 Å². The molecule has 0 saturated carbocycles. The van der Waals surface area contributed by atoms with Crippen molar-refractivity contribution in [2.75, 3.05) is 4.90 Å². The van der Waals surface area contributed by atoms with Gasteiger partial charge in [0.15, 0.2) is 0 Å². The molecule has 0 fully saturated rings. The fourth-order valence-electron chi connectivity index (χ4n) is 8.07. The third kappa shape index (κ3) is 5.73. The highest BCUT2D eigenvalue weighted by atomic mass is 15.2. The van der Waals surface area contributed by atoms with Crippen molar-refractivity contribution >= 4 is 33.2 Å². The second-order valence-corrected chi connectivity index (χ2v) is 13.6. The SMILES string of the molecule is CCn1c2ccccc2c2c(-c3cccc(C4CC=CC=C4N(c4ccccc4)c4ccc(-c5ccc(-c6ccccc6)cc5)cc4)c3)cccc21. The standard InChI is InChI=1S/C50H40N2/c1-2-51-47-24-11-10-22-46(47)50-45(23-14-26-49(50)51)41-18-13-17-40(35-41)44-21-9-12-25-48(44)52(42-19-7-4-8-20-42)43-33-31-39(32-34-43)38-29-27-37(28-30-38)36-15-5-3-6-16-36/h3-20,22-35,44H,2,21H2,1H3. The molecule has 8 aromatic rings. The predicted octanol–water partition coefficient (Wildman–Crippen LogP) is 13.6. The van der Waals surface area contributed by atoms with Crippen molar-refractivity contribution in [3.63, 3.8) is 0 Å². The molecule has 52 heavy (non-hydrogen) atoms. The highest BCUT2D eigenvalue weighted by Crippen LogP contribution is 2.43. The molecule has 1 aliphatic carbocycles. The molecule has 0 bridgehead atoms. The monoisotopic (exact) mass is 668 g/mol. The lowest BCUT2D eigenvalue weighted by molar-refractivity contribution is 0.774. The largest absolute Gasteiger partial charge is 0.341 e. The molecule has 0 aliphatic heterocycles. The molecular formula is C50H40N2. The molecule has 0 amide bonds. The summed E-state index contributed by atoms with van der Waals surface area (Å²) >= 11 is 0. The van der Waals surface area contributed by atoms with Crippen molar-refractivity contribution in [2.24, 2.45) is 0 Å². The summed E-state index contributed by atoms with van der Waals surface area (Å²) in [4.78, 5) is 2.44. The van der Waals surface area contributed by atoms with E-state index in [1.165, 1.54) is 66.4 Å². The third-order valence-electron chi connectivity index (χ3n) is 10.6. The molecule has 1 aromatic heterocycles. The molecule has 9 rings (SSSR count). The smallest absolute Gasteiger partial charge is 0.0497 e. The average molecular weight is 669 g/mol. The summed E-state index contributed by atoms with van der Waals surface area (Å²) in [7, 11) is 0. The third-order valence-corrected chi connectivity index (χ3v) is 10.6. The lowest BCUT2D eigenvalue weighted by Crippen LogP contribution is -2.23. The zero-order chi connectivity index (χ0) is 34.9. The first kappa shape index (κ1) is 31.6. The van der Waals surface area contributed by atoms with Crippen molar-refractivity contribution in [3.05, 3.63) is 205 Å². The second-order valence-electron chi connectivity index (χ2n) is 13.6. The Morgan fingerprint density at radius 3 is 1.85 bits per heavy atom. The van der Waals surface area contributed by atoms with Crippen LogP contribution in [0.3, 0.4) is 0 Å². The van der Waals surface area contributed by atoms with Crippen LogP contribution >= 0.6 is 0 Å². The van der Waals surface area contributed by atoms with Gasteiger partial charge in [-0.05, 0) is 94.8 Å². The van der Waals surface area contributed by atoms with Crippen LogP contribution in [0.15, 0.2) is 200 Å². The van der Waals surface area contributed by atoms with Gasteiger partial charge in [0, 0.05) is 51.3 Å². The molecule has 7 aromatic carbocycles. The van der Waals surface area contributed by atoms with Gasteiger partial charge in [0.25, 0.3) is 0 Å². The molecule has 0 spiro atoms. The number of hydrogen-bond acceptors (Lipinski definition) is 1. The first-order valence-electron chi connectivity index (χ1n) is 18.3. The van der Waals surface area contributed by atoms with Crippen LogP contribution in [0.2, 0.25) is 0 Å². The van der Waals surface area contributed by atoms with Crippen LogP contribution in [0, 0.1) is 0 Å². The Morgan fingerprint density at radius 2 is 1.12 bits per heavy atom. The first-order chi connectivity index (χ1) is 25.8. The van der Waals surface area contributed by atoms with Gasteiger partial charge in [0.05, 0.1) is 0 Å². The van der Waals surface area contributed by atoms with Crippen LogP contribution in [0.4, 0.5) is 11.4 Å². The number of hydrogen-bond donors (Lipinski definition) is 0. The topological polar surface area (TPSA) is 8.17 Å². The van der Waals surface area contributed by atoms with Gasteiger partial charge in [-0.25, -0.2) is 0 Å². The van der Waals surface area contributed by atoms with Crippen molar-refractivity contribution in [3.8, 4) is 33.4 Å². The number of aromatic nitrogens is 1. The van der Waals surface area contributed by atoms with Gasteiger partial charge in [0.1, 0.15) is 0 Å². The number of aryl methyl sites for hydroxylation is 1. The minimum Gasteiger partial charge on any atom is -0.341 e. The average Bonchev–Trinajstić information content (AvgIpc) is 3.56. The Kier molecular flexibility index (Phi) is 8.34. The maximum Gasteiger partial charge on any atom is 0.0497 e. The Bertz CT molecular complexity index is 2560. The van der Waals surface area contributed by atoms with Gasteiger partial charge in [-0.1, -0.05) is 152 Å². The zero-order valence-corrected chi connectivity index (χ0v) is 29.4. The summed E-state index contributed by atoms with van der Waals surface area (Å²) in [6, 6.07) is 64.1. The van der Waals surface area contributed by atoms with E-state index in [1.54, 1.807) is 0 Å². The number of anilines is 2. The number of fused-ring (bicyclic) bond motifs is 3. The van der Waals surface area contributed by atoms with Crippen molar-refractivity contribution in [2.45, 2.75) is 25.8 Å². The summed E-state index contributed by atoms with van der Waals surface area (Å²) in [5.41, 5.74) is 14.9. The molecule has 1 atom stereocenters. The van der Waals surface area contributed by atoms with Gasteiger partial charge in [-0.15, -0.1) is 0 Å². The highest BCUT2D eigenvalue weighted by molar-refractivity contribution is 6.14. The minimum absolute atomic E-state index is 0.187.